The van der Waals surface area contributed by atoms with Crippen LogP contribution in [0.3, 0.4) is 0 Å². The summed E-state index contributed by atoms with van der Waals surface area (Å²) >= 11 is 0. The van der Waals surface area contributed by atoms with E-state index in [0.717, 1.165) is 12.8 Å². The molecule has 18 heavy (non-hydrogen) atoms. The van der Waals surface area contributed by atoms with Crippen molar-refractivity contribution in [3.05, 3.63) is 24.3 Å². The van der Waals surface area contributed by atoms with Gasteiger partial charge in [-0.2, -0.15) is 0 Å². The molecule has 0 radical (unpaired) electrons. The Bertz CT molecular complexity index is 329. The molecule has 0 aliphatic heterocycles. The molecule has 0 saturated carbocycles. The topological polar surface area (TPSA) is 40.6 Å². The van der Waals surface area contributed by atoms with E-state index in [2.05, 4.69) is 13.2 Å². The average Bonchev–Trinajstić information content (AvgIpc) is 2.31. The minimum atomic E-state index is -0.261. The van der Waals surface area contributed by atoms with Crippen LogP contribution in [0.1, 0.15) is 33.6 Å². The highest BCUT2D eigenvalue weighted by Crippen LogP contribution is 2.14. The molecule has 0 unspecified atom stereocenters. The minimum absolute atomic E-state index is 0.144. The summed E-state index contributed by atoms with van der Waals surface area (Å²) < 4.78 is 0. The second-order valence-electron chi connectivity index (χ2n) is 4.66. The molecule has 102 valence electrons. The number of rotatable bonds is 6. The quantitative estimate of drug-likeness (QED) is 0.537. The molecule has 0 aromatic heterocycles. The van der Waals surface area contributed by atoms with Crippen molar-refractivity contribution in [1.82, 2.24) is 9.80 Å². The minimum Gasteiger partial charge on any atom is -0.321 e. The van der Waals surface area contributed by atoms with Gasteiger partial charge in [-0.15, -0.1) is 0 Å². The van der Waals surface area contributed by atoms with Gasteiger partial charge in [-0.3, -0.25) is 9.59 Å². The van der Waals surface area contributed by atoms with Crippen molar-refractivity contribution in [2.45, 2.75) is 39.8 Å². The van der Waals surface area contributed by atoms with Crippen molar-refractivity contribution in [2.75, 3.05) is 14.1 Å². The molecule has 0 saturated heterocycles. The fourth-order valence-electron chi connectivity index (χ4n) is 1.78. The van der Waals surface area contributed by atoms with Crippen LogP contribution in [0, 0.1) is 0 Å². The van der Waals surface area contributed by atoms with Gasteiger partial charge in [0, 0.05) is 25.2 Å². The summed E-state index contributed by atoms with van der Waals surface area (Å²) in [6.07, 6.45) is 1.35. The smallest absolute Gasteiger partial charge is 0.250 e. The van der Waals surface area contributed by atoms with Gasteiger partial charge in [-0.1, -0.05) is 26.5 Å². The molecule has 0 aromatic rings. The van der Waals surface area contributed by atoms with Crippen molar-refractivity contribution in [1.29, 1.82) is 0 Å². The molecule has 0 aliphatic carbocycles. The maximum absolute atomic E-state index is 11.9. The maximum Gasteiger partial charge on any atom is 0.250 e. The third-order valence-corrected chi connectivity index (χ3v) is 2.81. The summed E-state index contributed by atoms with van der Waals surface area (Å²) in [4.78, 5) is 27.0. The van der Waals surface area contributed by atoms with E-state index in [0.29, 0.717) is 11.1 Å². The fourth-order valence-corrected chi connectivity index (χ4v) is 1.78. The van der Waals surface area contributed by atoms with Crippen molar-refractivity contribution in [3.8, 4) is 0 Å². The van der Waals surface area contributed by atoms with Crippen LogP contribution in [-0.2, 0) is 9.59 Å². The summed E-state index contributed by atoms with van der Waals surface area (Å²) in [5, 5.41) is 0. The van der Waals surface area contributed by atoms with Crippen LogP contribution in [0.25, 0.3) is 0 Å². The van der Waals surface area contributed by atoms with E-state index in [9.17, 15) is 9.59 Å². The Morgan fingerprint density at radius 2 is 1.33 bits per heavy atom. The predicted octanol–water partition coefficient (Wildman–Crippen LogP) is 2.18. The zero-order valence-electron chi connectivity index (χ0n) is 12.1. The van der Waals surface area contributed by atoms with Crippen molar-refractivity contribution >= 4 is 11.8 Å². The Balaban J connectivity index is 5.06. The van der Waals surface area contributed by atoms with Gasteiger partial charge in [0.15, 0.2) is 0 Å². The van der Waals surface area contributed by atoms with Gasteiger partial charge in [0.05, 0.1) is 0 Å². The lowest BCUT2D eigenvalue weighted by molar-refractivity contribution is -0.138. The Kier molecular flexibility index (Phi) is 6.37. The summed E-state index contributed by atoms with van der Waals surface area (Å²) in [6.45, 7) is 12.6. The van der Waals surface area contributed by atoms with E-state index in [1.165, 1.54) is 0 Å². The van der Waals surface area contributed by atoms with Crippen LogP contribution < -0.4 is 0 Å². The molecule has 0 bridgehead atoms. The summed E-state index contributed by atoms with van der Waals surface area (Å²) in [5.41, 5.74) is 0.935. The zero-order valence-corrected chi connectivity index (χ0v) is 12.1. The highest BCUT2D eigenvalue weighted by Gasteiger charge is 2.26. The Labute approximate surface area is 110 Å². The number of carbonyl (C=O) groups is 2. The normalized spacial score (nSPS) is 10.1. The largest absolute Gasteiger partial charge is 0.321 e. The third-order valence-electron chi connectivity index (χ3n) is 2.81. The number of hydrogen-bond donors (Lipinski definition) is 0. The molecular formula is C14H24N2O2. The molecule has 2 amide bonds. The van der Waals surface area contributed by atoms with E-state index in [1.807, 2.05) is 6.92 Å². The molecule has 4 heteroatoms. The highest BCUT2D eigenvalue weighted by atomic mass is 16.2. The second kappa shape index (κ2) is 6.99. The van der Waals surface area contributed by atoms with Gasteiger partial charge in [0.2, 0.25) is 11.8 Å². The summed E-state index contributed by atoms with van der Waals surface area (Å²) in [5.74, 6) is -0.287. The molecule has 0 atom stereocenters. The van der Waals surface area contributed by atoms with Gasteiger partial charge >= 0.3 is 0 Å². The molecule has 0 aliphatic rings. The van der Waals surface area contributed by atoms with Crippen LogP contribution in [0.2, 0.25) is 0 Å². The first-order valence-electron chi connectivity index (χ1n) is 6.09. The molecule has 0 spiro atoms. The van der Waals surface area contributed by atoms with Crippen molar-refractivity contribution < 1.29 is 9.59 Å². The predicted molar refractivity (Wildman–Crippen MR) is 73.9 cm³/mol. The number of amides is 2. The highest BCUT2D eigenvalue weighted by molar-refractivity contribution is 5.94. The van der Waals surface area contributed by atoms with E-state index in [-0.39, 0.29) is 18.0 Å². The lowest BCUT2D eigenvalue weighted by Crippen LogP contribution is -2.50. The second-order valence-corrected chi connectivity index (χ2v) is 4.66. The monoisotopic (exact) mass is 252 g/mol. The molecule has 0 aromatic carbocycles. The van der Waals surface area contributed by atoms with Crippen LogP contribution in [0.15, 0.2) is 24.3 Å². The molecule has 0 heterocycles. The number of nitrogens with zero attached hydrogens (tertiary/aromatic N) is 2. The molecule has 4 nitrogen and oxygen atoms in total. The Morgan fingerprint density at radius 3 is 1.56 bits per heavy atom. The van der Waals surface area contributed by atoms with E-state index in [4.69, 9.17) is 0 Å². The van der Waals surface area contributed by atoms with Crippen LogP contribution >= 0.6 is 0 Å². The van der Waals surface area contributed by atoms with Crippen LogP contribution in [0.5, 0.6) is 0 Å². The number of hydrogen-bond acceptors (Lipinski definition) is 2. The van der Waals surface area contributed by atoms with Crippen LogP contribution in [-0.4, -0.2) is 41.9 Å². The molecule has 0 rings (SSSR count). The SMILES string of the molecule is C=C(C)C(=O)N(C)C(CCC)N(C)C(=O)C(=C)C. The van der Waals surface area contributed by atoms with Gasteiger partial charge in [-0.05, 0) is 20.3 Å². The number of carbonyl (C=O) groups excluding carboxylic acids is 2. The average molecular weight is 252 g/mol. The first-order chi connectivity index (χ1) is 8.23. The standard InChI is InChI=1S/C14H24N2O2/c1-8-9-12(15(6)13(17)10(2)3)16(7)14(18)11(4)5/h12H,2,4,8-9H2,1,3,5-7H3. The maximum atomic E-state index is 11.9. The van der Waals surface area contributed by atoms with E-state index >= 15 is 0 Å². The molecule has 0 N–H and O–H groups in total. The van der Waals surface area contributed by atoms with Gasteiger partial charge in [-0.25, -0.2) is 0 Å². The van der Waals surface area contributed by atoms with Gasteiger partial charge in [0.25, 0.3) is 0 Å². The lowest BCUT2D eigenvalue weighted by atomic mass is 10.2. The van der Waals surface area contributed by atoms with E-state index < -0.39 is 0 Å². The van der Waals surface area contributed by atoms with Crippen molar-refractivity contribution in [2.24, 2.45) is 0 Å². The van der Waals surface area contributed by atoms with Crippen molar-refractivity contribution in [3.63, 3.8) is 0 Å². The van der Waals surface area contributed by atoms with Gasteiger partial charge < -0.3 is 9.80 Å². The number of likely N-dealkylation sites (N-methyl/N-ethyl adjacent to an activating group) is 2. The van der Waals surface area contributed by atoms with Gasteiger partial charge in [0.1, 0.15) is 6.17 Å². The molecule has 0 fully saturated rings. The first kappa shape index (κ1) is 16.4. The Morgan fingerprint density at radius 1 is 1.00 bits per heavy atom. The Hall–Kier alpha value is -1.58. The summed E-state index contributed by atoms with van der Waals surface area (Å²) in [7, 11) is 3.39. The summed E-state index contributed by atoms with van der Waals surface area (Å²) in [6, 6.07) is 0. The first-order valence-corrected chi connectivity index (χ1v) is 6.09. The van der Waals surface area contributed by atoms with Crippen LogP contribution in [0.4, 0.5) is 0 Å². The molecular weight excluding hydrogens is 228 g/mol. The lowest BCUT2D eigenvalue weighted by Gasteiger charge is -2.35. The third kappa shape index (κ3) is 4.02. The fraction of sp³-hybridized carbons (Fsp3) is 0.571. The van der Waals surface area contributed by atoms with E-state index in [1.54, 1.807) is 37.7 Å². The zero-order chi connectivity index (χ0) is 14.5.